The first-order chi connectivity index (χ1) is 13.7. The maximum Gasteiger partial charge on any atom is 0.343 e. The molecule has 3 aromatic rings. The van der Waals surface area contributed by atoms with Gasteiger partial charge in [0, 0.05) is 29.5 Å². The van der Waals surface area contributed by atoms with Crippen LogP contribution in [0.25, 0.3) is 5.69 Å². The summed E-state index contributed by atoms with van der Waals surface area (Å²) in [6.07, 6.45) is 4.33. The number of para-hydroxylation sites is 2. The van der Waals surface area contributed by atoms with Gasteiger partial charge in [0.05, 0.1) is 17.6 Å². The molecule has 2 aliphatic heterocycles. The zero-order chi connectivity index (χ0) is 19.1. The maximum atomic E-state index is 13.0. The van der Waals surface area contributed by atoms with Crippen LogP contribution in [-0.2, 0) is 20.9 Å². The van der Waals surface area contributed by atoms with Crippen molar-refractivity contribution in [1.29, 1.82) is 0 Å². The summed E-state index contributed by atoms with van der Waals surface area (Å²) in [7, 11) is 0. The lowest BCUT2D eigenvalue weighted by Crippen LogP contribution is -2.47. The molecule has 0 spiro atoms. The van der Waals surface area contributed by atoms with Crippen LogP contribution >= 0.6 is 11.8 Å². The highest BCUT2D eigenvalue weighted by molar-refractivity contribution is 8.02. The molecule has 0 aliphatic carbocycles. The summed E-state index contributed by atoms with van der Waals surface area (Å²) >= 11 is 1.41. The number of thioether (sulfide) groups is 1. The van der Waals surface area contributed by atoms with E-state index < -0.39 is 4.87 Å². The molecule has 7 heteroatoms. The number of nitrogens with zero attached hydrogens (tertiary/aromatic N) is 3. The quantitative estimate of drug-likeness (QED) is 0.637. The molecule has 3 heterocycles. The summed E-state index contributed by atoms with van der Waals surface area (Å²) in [5, 5.41) is 4.33. The molecule has 0 saturated carbocycles. The van der Waals surface area contributed by atoms with Crippen LogP contribution in [0.2, 0.25) is 0 Å². The molecule has 1 saturated heterocycles. The predicted molar refractivity (Wildman–Crippen MR) is 105 cm³/mol. The van der Waals surface area contributed by atoms with Gasteiger partial charge in [0.2, 0.25) is 5.91 Å². The number of benzene rings is 2. The summed E-state index contributed by atoms with van der Waals surface area (Å²) in [5.74, 6) is -0.418. The van der Waals surface area contributed by atoms with E-state index in [0.717, 1.165) is 21.8 Å². The molecule has 140 valence electrons. The number of carbonyl (C=O) groups is 2. The fourth-order valence-corrected chi connectivity index (χ4v) is 5.10. The van der Waals surface area contributed by atoms with E-state index in [1.807, 2.05) is 60.8 Å². The summed E-state index contributed by atoms with van der Waals surface area (Å²) in [6.45, 7) is 0.117. The topological polar surface area (TPSA) is 64.4 Å². The number of hydrogen-bond acceptors (Lipinski definition) is 5. The van der Waals surface area contributed by atoms with Crippen molar-refractivity contribution in [1.82, 2.24) is 9.78 Å². The van der Waals surface area contributed by atoms with Crippen molar-refractivity contribution in [2.45, 2.75) is 29.2 Å². The van der Waals surface area contributed by atoms with E-state index >= 15 is 0 Å². The Morgan fingerprint density at radius 3 is 2.79 bits per heavy atom. The molecule has 28 heavy (non-hydrogen) atoms. The zero-order valence-corrected chi connectivity index (χ0v) is 15.8. The molecule has 1 fully saturated rings. The van der Waals surface area contributed by atoms with E-state index in [4.69, 9.17) is 4.74 Å². The van der Waals surface area contributed by atoms with Gasteiger partial charge in [0.1, 0.15) is 6.61 Å². The number of esters is 1. The third-order valence-corrected chi connectivity index (χ3v) is 6.48. The number of carbonyl (C=O) groups excluding carboxylic acids is 2. The number of ether oxygens (including phenoxy) is 1. The van der Waals surface area contributed by atoms with Crippen LogP contribution in [0.3, 0.4) is 0 Å². The highest BCUT2D eigenvalue weighted by atomic mass is 32.2. The Morgan fingerprint density at radius 2 is 1.93 bits per heavy atom. The van der Waals surface area contributed by atoms with Gasteiger partial charge in [-0.05, 0) is 24.3 Å². The SMILES string of the molecule is O=C1CCC2(C(=O)OCc3cnn(-c4ccccc4)c3)Sc3ccccc3N12. The molecular formula is C21H17N3O3S. The third kappa shape index (κ3) is 2.62. The van der Waals surface area contributed by atoms with Crippen LogP contribution in [0, 0.1) is 0 Å². The molecule has 0 radical (unpaired) electrons. The lowest BCUT2D eigenvalue weighted by atomic mass is 10.2. The Balaban J connectivity index is 1.34. The van der Waals surface area contributed by atoms with Crippen molar-refractivity contribution in [3.63, 3.8) is 0 Å². The van der Waals surface area contributed by atoms with Crippen LogP contribution in [-0.4, -0.2) is 26.5 Å². The van der Waals surface area contributed by atoms with Gasteiger partial charge in [-0.1, -0.05) is 42.1 Å². The molecule has 2 aromatic carbocycles. The highest BCUT2D eigenvalue weighted by Crippen LogP contribution is 2.56. The molecule has 1 unspecified atom stereocenters. The van der Waals surface area contributed by atoms with E-state index in [-0.39, 0.29) is 18.5 Å². The summed E-state index contributed by atoms with van der Waals surface area (Å²) in [5.41, 5.74) is 2.53. The van der Waals surface area contributed by atoms with Gasteiger partial charge in [0.15, 0.2) is 4.87 Å². The number of rotatable bonds is 4. The molecule has 1 atom stereocenters. The van der Waals surface area contributed by atoms with E-state index in [1.165, 1.54) is 11.8 Å². The first-order valence-electron chi connectivity index (χ1n) is 9.05. The first-order valence-corrected chi connectivity index (χ1v) is 9.86. The van der Waals surface area contributed by atoms with Gasteiger partial charge in [0.25, 0.3) is 0 Å². The average Bonchev–Trinajstić information content (AvgIpc) is 3.41. The van der Waals surface area contributed by atoms with E-state index in [9.17, 15) is 9.59 Å². The minimum Gasteiger partial charge on any atom is -0.458 e. The van der Waals surface area contributed by atoms with Crippen LogP contribution in [0.1, 0.15) is 18.4 Å². The van der Waals surface area contributed by atoms with Crippen molar-refractivity contribution in [3.8, 4) is 5.69 Å². The lowest BCUT2D eigenvalue weighted by molar-refractivity contribution is -0.148. The zero-order valence-electron chi connectivity index (χ0n) is 14.9. The molecule has 6 nitrogen and oxygen atoms in total. The van der Waals surface area contributed by atoms with Gasteiger partial charge in [-0.2, -0.15) is 5.10 Å². The number of anilines is 1. The van der Waals surface area contributed by atoms with Gasteiger partial charge in [-0.15, -0.1) is 0 Å². The van der Waals surface area contributed by atoms with Crippen molar-refractivity contribution in [3.05, 3.63) is 72.6 Å². The van der Waals surface area contributed by atoms with Crippen molar-refractivity contribution in [2.75, 3.05) is 4.90 Å². The number of fused-ring (bicyclic) bond motifs is 3. The third-order valence-electron chi connectivity index (χ3n) is 5.02. The van der Waals surface area contributed by atoms with Crippen LogP contribution < -0.4 is 4.90 Å². The van der Waals surface area contributed by atoms with Gasteiger partial charge in [-0.3, -0.25) is 9.69 Å². The Labute approximate surface area is 166 Å². The van der Waals surface area contributed by atoms with Crippen molar-refractivity contribution >= 4 is 29.3 Å². The highest BCUT2D eigenvalue weighted by Gasteiger charge is 2.58. The second kappa shape index (κ2) is 6.53. The largest absolute Gasteiger partial charge is 0.458 e. The Morgan fingerprint density at radius 1 is 1.14 bits per heavy atom. The Bertz CT molecular complexity index is 1070. The Kier molecular flexibility index (Phi) is 3.98. The van der Waals surface area contributed by atoms with Gasteiger partial charge < -0.3 is 4.74 Å². The Hall–Kier alpha value is -3.06. The van der Waals surface area contributed by atoms with Gasteiger partial charge in [-0.25, -0.2) is 9.48 Å². The fraction of sp³-hybridized carbons (Fsp3) is 0.190. The number of hydrogen-bond donors (Lipinski definition) is 0. The van der Waals surface area contributed by atoms with Crippen LogP contribution in [0.5, 0.6) is 0 Å². The maximum absolute atomic E-state index is 13.0. The van der Waals surface area contributed by atoms with Gasteiger partial charge >= 0.3 is 5.97 Å². The second-order valence-corrected chi connectivity index (χ2v) is 8.11. The second-order valence-electron chi connectivity index (χ2n) is 6.79. The van der Waals surface area contributed by atoms with E-state index in [1.54, 1.807) is 15.8 Å². The van der Waals surface area contributed by atoms with Crippen LogP contribution in [0.15, 0.2) is 71.9 Å². The number of amides is 1. The lowest BCUT2D eigenvalue weighted by Gasteiger charge is -2.28. The molecule has 0 N–H and O–H groups in total. The minimum atomic E-state index is -0.990. The fourth-order valence-electron chi connectivity index (χ4n) is 3.69. The van der Waals surface area contributed by atoms with Crippen molar-refractivity contribution < 1.29 is 14.3 Å². The monoisotopic (exact) mass is 391 g/mol. The molecule has 1 aromatic heterocycles. The first kappa shape index (κ1) is 17.1. The van der Waals surface area contributed by atoms with E-state index in [2.05, 4.69) is 5.10 Å². The predicted octanol–water partition coefficient (Wildman–Crippen LogP) is 3.54. The standard InChI is InChI=1S/C21H17N3O3S/c25-19-10-11-21(24(19)17-8-4-5-9-18(17)28-21)20(26)27-14-15-12-22-23(13-15)16-6-2-1-3-7-16/h1-9,12-13H,10-11,14H2. The molecule has 5 rings (SSSR count). The molecular weight excluding hydrogens is 374 g/mol. The van der Waals surface area contributed by atoms with Crippen molar-refractivity contribution in [2.24, 2.45) is 0 Å². The van der Waals surface area contributed by atoms with E-state index in [0.29, 0.717) is 12.8 Å². The summed E-state index contributed by atoms with van der Waals surface area (Å²) < 4.78 is 7.38. The normalized spacial score (nSPS) is 20.1. The van der Waals surface area contributed by atoms with Crippen LogP contribution in [0.4, 0.5) is 5.69 Å². The minimum absolute atomic E-state index is 0.0358. The molecule has 2 aliphatic rings. The number of aromatic nitrogens is 2. The average molecular weight is 391 g/mol. The summed E-state index contributed by atoms with van der Waals surface area (Å²) in [6, 6.07) is 17.3. The smallest absolute Gasteiger partial charge is 0.343 e. The molecule has 1 amide bonds. The molecule has 0 bridgehead atoms. The summed E-state index contributed by atoms with van der Waals surface area (Å²) in [4.78, 5) is 27.1.